The molecule has 0 amide bonds. The highest BCUT2D eigenvalue weighted by molar-refractivity contribution is 14.1. The second-order valence-corrected chi connectivity index (χ2v) is 4.12. The highest BCUT2D eigenvalue weighted by Gasteiger charge is 2.13. The topological polar surface area (TPSA) is 0 Å². The molecule has 0 saturated carbocycles. The Hall–Kier alpha value is 0.580. The first-order valence-electron chi connectivity index (χ1n) is 2.52. The van der Waals surface area contributed by atoms with E-state index in [0.717, 1.165) is 0 Å². The molecule has 1 aromatic carbocycles. The predicted molar refractivity (Wildman–Crippen MR) is 51.8 cm³/mol. The van der Waals surface area contributed by atoms with Gasteiger partial charge >= 0.3 is 0 Å². The maximum atomic E-state index is 12.8. The Kier molecular flexibility index (Phi) is 3.10. The first-order chi connectivity index (χ1) is 5.04. The molecule has 0 nitrogen and oxygen atoms in total. The van der Waals surface area contributed by atoms with Crippen LogP contribution in [-0.4, -0.2) is 0 Å². The quantitative estimate of drug-likeness (QED) is 0.376. The van der Waals surface area contributed by atoms with Crippen LogP contribution < -0.4 is 0 Å². The first-order valence-corrected chi connectivity index (χ1v) is 4.77. The van der Waals surface area contributed by atoms with Gasteiger partial charge in [-0.25, -0.2) is 8.78 Å². The van der Waals surface area contributed by atoms with E-state index in [0.29, 0.717) is 4.47 Å². The summed E-state index contributed by atoms with van der Waals surface area (Å²) < 4.78 is 26.1. The summed E-state index contributed by atoms with van der Waals surface area (Å²) in [6, 6.07) is 1.32. The Morgan fingerprint density at radius 1 is 1.36 bits per heavy atom. The molecule has 0 unspecified atom stereocenters. The van der Waals surface area contributed by atoms with Gasteiger partial charge in [-0.05, 0) is 44.6 Å². The number of rotatable bonds is 0. The van der Waals surface area contributed by atoms with Gasteiger partial charge in [0.15, 0.2) is 11.6 Å². The molecule has 0 aliphatic rings. The fraction of sp³-hybridized carbons (Fsp3) is 0. The fourth-order valence-corrected chi connectivity index (χ4v) is 1.66. The van der Waals surface area contributed by atoms with Gasteiger partial charge < -0.3 is 0 Å². The Bertz CT molecular complexity index is 277. The number of halogens is 5. The maximum absolute atomic E-state index is 12.8. The standard InChI is InChI=1S/C6HBrClF2I/c7-2-1-3(8)4(9)5(10)6(2)11/h1H. The molecule has 11 heavy (non-hydrogen) atoms. The molecule has 0 aromatic heterocycles. The molecule has 0 aliphatic heterocycles. The summed E-state index contributed by atoms with van der Waals surface area (Å²) in [5.41, 5.74) is 0. The Balaban J connectivity index is 3.46. The zero-order valence-corrected chi connectivity index (χ0v) is 9.47. The van der Waals surface area contributed by atoms with Crippen LogP contribution in [0.15, 0.2) is 10.5 Å². The zero-order chi connectivity index (χ0) is 8.59. The van der Waals surface area contributed by atoms with Gasteiger partial charge in [0.25, 0.3) is 0 Å². The predicted octanol–water partition coefficient (Wildman–Crippen LogP) is 3.99. The summed E-state index contributed by atoms with van der Waals surface area (Å²) in [5, 5.41) is -0.213. The monoisotopic (exact) mass is 352 g/mol. The molecular weight excluding hydrogens is 352 g/mol. The van der Waals surface area contributed by atoms with Crippen LogP contribution in [0.3, 0.4) is 0 Å². The lowest BCUT2D eigenvalue weighted by atomic mass is 10.3. The highest BCUT2D eigenvalue weighted by Crippen LogP contribution is 2.28. The lowest BCUT2D eigenvalue weighted by molar-refractivity contribution is 0.503. The lowest BCUT2D eigenvalue weighted by Crippen LogP contribution is -1.90. The Morgan fingerprint density at radius 3 is 2.45 bits per heavy atom. The van der Waals surface area contributed by atoms with E-state index in [1.54, 1.807) is 22.6 Å². The van der Waals surface area contributed by atoms with Gasteiger partial charge in [-0.15, -0.1) is 0 Å². The molecule has 1 rings (SSSR count). The average Bonchev–Trinajstić information content (AvgIpc) is 1.97. The van der Waals surface area contributed by atoms with Crippen molar-refractivity contribution in [2.24, 2.45) is 0 Å². The zero-order valence-electron chi connectivity index (χ0n) is 4.97. The fourth-order valence-electron chi connectivity index (χ4n) is 0.544. The first kappa shape index (κ1) is 9.67. The molecule has 5 heteroatoms. The van der Waals surface area contributed by atoms with E-state index < -0.39 is 11.6 Å². The molecule has 0 saturated heterocycles. The van der Waals surface area contributed by atoms with E-state index in [9.17, 15) is 8.78 Å². The van der Waals surface area contributed by atoms with Gasteiger partial charge in [-0.1, -0.05) is 11.6 Å². The Morgan fingerprint density at radius 2 is 1.91 bits per heavy atom. The summed E-state index contributed by atoms with van der Waals surface area (Å²) in [6.45, 7) is 0. The number of hydrogen-bond donors (Lipinski definition) is 0. The maximum Gasteiger partial charge on any atom is 0.178 e. The molecule has 60 valence electrons. The molecule has 0 bridgehead atoms. The van der Waals surface area contributed by atoms with Crippen LogP contribution in [0.25, 0.3) is 0 Å². The summed E-state index contributed by atoms with van der Waals surface area (Å²) in [6.07, 6.45) is 0. The third-order valence-electron chi connectivity index (χ3n) is 1.06. The molecule has 0 atom stereocenters. The van der Waals surface area contributed by atoms with Crippen LogP contribution in [0.2, 0.25) is 5.02 Å². The van der Waals surface area contributed by atoms with E-state index >= 15 is 0 Å². The van der Waals surface area contributed by atoms with Crippen molar-refractivity contribution in [3.05, 3.63) is 30.8 Å². The van der Waals surface area contributed by atoms with E-state index in [-0.39, 0.29) is 8.59 Å². The van der Waals surface area contributed by atoms with Gasteiger partial charge in [0.2, 0.25) is 0 Å². The molecule has 0 radical (unpaired) electrons. The molecule has 0 N–H and O–H groups in total. The number of benzene rings is 1. The minimum atomic E-state index is -1.00. The van der Waals surface area contributed by atoms with Crippen LogP contribution in [0, 0.1) is 15.2 Å². The molecular formula is C6HBrClF2I. The summed E-state index contributed by atoms with van der Waals surface area (Å²) >= 11 is 10.1. The van der Waals surface area contributed by atoms with Gasteiger partial charge in [-0.3, -0.25) is 0 Å². The normalized spacial score (nSPS) is 10.3. The smallest absolute Gasteiger partial charge is 0.178 e. The summed E-state index contributed by atoms with van der Waals surface area (Å²) in [4.78, 5) is 0. The molecule has 1 aromatic rings. The van der Waals surface area contributed by atoms with Crippen molar-refractivity contribution >= 4 is 50.1 Å². The van der Waals surface area contributed by atoms with Crippen LogP contribution in [0.4, 0.5) is 8.78 Å². The molecule has 0 heterocycles. The highest BCUT2D eigenvalue weighted by atomic mass is 127. The van der Waals surface area contributed by atoms with Gasteiger partial charge in [0, 0.05) is 4.47 Å². The second-order valence-electron chi connectivity index (χ2n) is 1.78. The van der Waals surface area contributed by atoms with Crippen molar-refractivity contribution in [1.29, 1.82) is 0 Å². The van der Waals surface area contributed by atoms with E-state index in [1.807, 2.05) is 0 Å². The Labute approximate surface area is 89.2 Å². The van der Waals surface area contributed by atoms with Gasteiger partial charge in [0.05, 0.1) is 8.59 Å². The SMILES string of the molecule is Fc1c(Cl)cc(Br)c(I)c1F. The average molecular weight is 353 g/mol. The van der Waals surface area contributed by atoms with Crippen LogP contribution in [0.5, 0.6) is 0 Å². The van der Waals surface area contributed by atoms with Crippen molar-refractivity contribution in [3.63, 3.8) is 0 Å². The third kappa shape index (κ3) is 1.84. The summed E-state index contributed by atoms with van der Waals surface area (Å²) in [7, 11) is 0. The molecule has 0 spiro atoms. The molecule has 0 fully saturated rings. The van der Waals surface area contributed by atoms with E-state index in [4.69, 9.17) is 11.6 Å². The lowest BCUT2D eigenvalue weighted by Gasteiger charge is -2.00. The van der Waals surface area contributed by atoms with Crippen LogP contribution >= 0.6 is 50.1 Å². The van der Waals surface area contributed by atoms with E-state index in [2.05, 4.69) is 15.9 Å². The summed E-state index contributed by atoms with van der Waals surface area (Å²) in [5.74, 6) is -1.91. The second kappa shape index (κ2) is 3.53. The third-order valence-corrected chi connectivity index (χ3v) is 3.75. The van der Waals surface area contributed by atoms with Crippen molar-refractivity contribution in [1.82, 2.24) is 0 Å². The number of hydrogen-bond acceptors (Lipinski definition) is 0. The van der Waals surface area contributed by atoms with Crippen LogP contribution in [-0.2, 0) is 0 Å². The van der Waals surface area contributed by atoms with Gasteiger partial charge in [0.1, 0.15) is 0 Å². The minimum Gasteiger partial charge on any atom is -0.202 e. The van der Waals surface area contributed by atoms with Crippen molar-refractivity contribution in [2.75, 3.05) is 0 Å². The van der Waals surface area contributed by atoms with Crippen LogP contribution in [0.1, 0.15) is 0 Å². The largest absolute Gasteiger partial charge is 0.202 e. The van der Waals surface area contributed by atoms with E-state index in [1.165, 1.54) is 6.07 Å². The van der Waals surface area contributed by atoms with Gasteiger partial charge in [-0.2, -0.15) is 0 Å². The van der Waals surface area contributed by atoms with Crippen molar-refractivity contribution in [2.45, 2.75) is 0 Å². The van der Waals surface area contributed by atoms with Crippen molar-refractivity contribution < 1.29 is 8.78 Å². The van der Waals surface area contributed by atoms with Crippen molar-refractivity contribution in [3.8, 4) is 0 Å². The minimum absolute atomic E-state index is 0.199. The molecule has 0 aliphatic carbocycles.